The van der Waals surface area contributed by atoms with Crippen LogP contribution in [0.2, 0.25) is 0 Å². The predicted octanol–water partition coefficient (Wildman–Crippen LogP) is 1.00. The lowest BCUT2D eigenvalue weighted by Crippen LogP contribution is -2.21. The normalized spacial score (nSPS) is 10.6. The molecule has 0 bridgehead atoms. The van der Waals surface area contributed by atoms with Crippen LogP contribution in [-0.4, -0.2) is 39.9 Å². The van der Waals surface area contributed by atoms with Gasteiger partial charge in [-0.3, -0.25) is 0 Å². The van der Waals surface area contributed by atoms with Gasteiger partial charge in [0.25, 0.3) is 0 Å². The average Bonchev–Trinajstić information content (AvgIpc) is 2.16. The van der Waals surface area contributed by atoms with Crippen molar-refractivity contribution >= 4 is 0 Å². The Hall–Kier alpha value is -0.120. The summed E-state index contributed by atoms with van der Waals surface area (Å²) in [5.41, 5.74) is 0. The quantitative estimate of drug-likeness (QED) is 0.502. The Morgan fingerprint density at radius 2 is 1.77 bits per heavy atom. The fraction of sp³-hybridized carbons (Fsp3) is 1.00. The number of hydrogen-bond acceptors (Lipinski definition) is 3. The average molecular weight is 188 g/mol. The maximum Gasteiger partial charge on any atom is 0.0478 e. The Labute approximate surface area is 82.2 Å². The Morgan fingerprint density at radius 1 is 1.00 bits per heavy atom. The molecule has 0 spiro atoms. The Balaban J connectivity index is 2.76. The molecule has 0 rings (SSSR count). The zero-order valence-electron chi connectivity index (χ0n) is 9.07. The highest BCUT2D eigenvalue weighted by atomic mass is 16.5. The Kier molecular flexibility index (Phi) is 11.8. The molecule has 0 aromatic heterocycles. The van der Waals surface area contributed by atoms with Crippen LogP contribution in [0.25, 0.3) is 0 Å². The van der Waals surface area contributed by atoms with Crippen LogP contribution in [0.4, 0.5) is 0 Å². The van der Waals surface area contributed by atoms with Gasteiger partial charge in [0.15, 0.2) is 0 Å². The molecule has 0 radical (unpaired) electrons. The maximum atomic E-state index is 5.36. The molecule has 0 aliphatic heterocycles. The van der Waals surface area contributed by atoms with Crippen molar-refractivity contribution in [3.8, 4) is 0 Å². The van der Waals surface area contributed by atoms with Crippen LogP contribution in [0.15, 0.2) is 0 Å². The Bertz CT molecular complexity index is 79.0. The SMILES string of the molecule is CCCOCCCNCCCNC. The second-order valence-corrected chi connectivity index (χ2v) is 3.17. The molecule has 0 aromatic carbocycles. The zero-order valence-corrected chi connectivity index (χ0v) is 9.07. The number of nitrogens with one attached hydrogen (secondary N) is 2. The monoisotopic (exact) mass is 188 g/mol. The van der Waals surface area contributed by atoms with Gasteiger partial charge >= 0.3 is 0 Å². The van der Waals surface area contributed by atoms with Crippen molar-refractivity contribution in [2.75, 3.05) is 39.9 Å². The van der Waals surface area contributed by atoms with Crippen LogP contribution in [0, 0.1) is 0 Å². The van der Waals surface area contributed by atoms with Crippen LogP contribution in [-0.2, 0) is 4.74 Å². The van der Waals surface area contributed by atoms with Crippen LogP contribution in [0.3, 0.4) is 0 Å². The van der Waals surface area contributed by atoms with Crippen molar-refractivity contribution in [2.45, 2.75) is 26.2 Å². The first kappa shape index (κ1) is 12.9. The van der Waals surface area contributed by atoms with E-state index < -0.39 is 0 Å². The lowest BCUT2D eigenvalue weighted by molar-refractivity contribution is 0.132. The van der Waals surface area contributed by atoms with Gasteiger partial charge < -0.3 is 15.4 Å². The second-order valence-electron chi connectivity index (χ2n) is 3.17. The topological polar surface area (TPSA) is 33.3 Å². The maximum absolute atomic E-state index is 5.36. The van der Waals surface area contributed by atoms with E-state index in [0.29, 0.717) is 0 Å². The highest BCUT2D eigenvalue weighted by Gasteiger charge is 1.88. The first-order valence-corrected chi connectivity index (χ1v) is 5.35. The molecule has 3 nitrogen and oxygen atoms in total. The van der Waals surface area contributed by atoms with Gasteiger partial charge in [0.2, 0.25) is 0 Å². The van der Waals surface area contributed by atoms with E-state index in [9.17, 15) is 0 Å². The zero-order chi connectivity index (χ0) is 9.78. The second kappa shape index (κ2) is 11.9. The van der Waals surface area contributed by atoms with Gasteiger partial charge in [0.05, 0.1) is 0 Å². The van der Waals surface area contributed by atoms with E-state index in [-0.39, 0.29) is 0 Å². The molecule has 13 heavy (non-hydrogen) atoms. The number of hydrogen-bond donors (Lipinski definition) is 2. The van der Waals surface area contributed by atoms with Crippen molar-refractivity contribution in [2.24, 2.45) is 0 Å². The summed E-state index contributed by atoms with van der Waals surface area (Å²) >= 11 is 0. The summed E-state index contributed by atoms with van der Waals surface area (Å²) in [4.78, 5) is 0. The van der Waals surface area contributed by atoms with Crippen LogP contribution in [0.5, 0.6) is 0 Å². The van der Waals surface area contributed by atoms with Crippen molar-refractivity contribution in [1.29, 1.82) is 0 Å². The predicted molar refractivity (Wildman–Crippen MR) is 57.1 cm³/mol. The van der Waals surface area contributed by atoms with E-state index in [4.69, 9.17) is 4.74 Å². The standard InChI is InChI=1S/C10H24N2O/c1-3-9-13-10-5-8-12-7-4-6-11-2/h11-12H,3-10H2,1-2H3. The third-order valence-corrected chi connectivity index (χ3v) is 1.77. The molecule has 0 aliphatic rings. The number of ether oxygens (including phenoxy) is 1. The van der Waals surface area contributed by atoms with Gasteiger partial charge in [0.1, 0.15) is 0 Å². The lowest BCUT2D eigenvalue weighted by atomic mass is 10.4. The van der Waals surface area contributed by atoms with E-state index >= 15 is 0 Å². The molecule has 0 amide bonds. The van der Waals surface area contributed by atoms with Gasteiger partial charge in [-0.05, 0) is 45.9 Å². The number of rotatable bonds is 10. The van der Waals surface area contributed by atoms with E-state index in [2.05, 4.69) is 17.6 Å². The van der Waals surface area contributed by atoms with E-state index in [1.165, 1.54) is 6.42 Å². The highest BCUT2D eigenvalue weighted by molar-refractivity contribution is 4.49. The first-order valence-electron chi connectivity index (χ1n) is 5.35. The first-order chi connectivity index (χ1) is 6.41. The molecule has 0 heterocycles. The molecular weight excluding hydrogens is 164 g/mol. The molecule has 80 valence electrons. The highest BCUT2D eigenvalue weighted by Crippen LogP contribution is 1.83. The summed E-state index contributed by atoms with van der Waals surface area (Å²) in [6.07, 6.45) is 3.45. The molecule has 0 fully saturated rings. The third kappa shape index (κ3) is 11.9. The van der Waals surface area contributed by atoms with Gasteiger partial charge in [-0.2, -0.15) is 0 Å². The van der Waals surface area contributed by atoms with Gasteiger partial charge in [-0.25, -0.2) is 0 Å². The van der Waals surface area contributed by atoms with Crippen LogP contribution >= 0.6 is 0 Å². The minimum absolute atomic E-state index is 0.896. The van der Waals surface area contributed by atoms with E-state index in [1.807, 2.05) is 7.05 Å². The van der Waals surface area contributed by atoms with Crippen LogP contribution in [0.1, 0.15) is 26.2 Å². The van der Waals surface area contributed by atoms with Crippen molar-refractivity contribution < 1.29 is 4.74 Å². The molecule has 0 saturated carbocycles. The van der Waals surface area contributed by atoms with E-state index in [0.717, 1.165) is 45.7 Å². The van der Waals surface area contributed by atoms with Crippen LogP contribution < -0.4 is 10.6 Å². The summed E-state index contributed by atoms with van der Waals surface area (Å²) in [6.45, 7) is 7.21. The summed E-state index contributed by atoms with van der Waals surface area (Å²) in [7, 11) is 1.98. The largest absolute Gasteiger partial charge is 0.381 e. The third-order valence-electron chi connectivity index (χ3n) is 1.77. The Morgan fingerprint density at radius 3 is 2.46 bits per heavy atom. The molecule has 3 heteroatoms. The lowest BCUT2D eigenvalue weighted by Gasteiger charge is -2.04. The van der Waals surface area contributed by atoms with E-state index in [1.54, 1.807) is 0 Å². The summed E-state index contributed by atoms with van der Waals surface area (Å²) < 4.78 is 5.36. The summed E-state index contributed by atoms with van der Waals surface area (Å²) in [6, 6.07) is 0. The van der Waals surface area contributed by atoms with Gasteiger partial charge in [-0.15, -0.1) is 0 Å². The summed E-state index contributed by atoms with van der Waals surface area (Å²) in [5, 5.41) is 6.50. The molecule has 2 N–H and O–H groups in total. The molecule has 0 atom stereocenters. The smallest absolute Gasteiger partial charge is 0.0478 e. The molecule has 0 aromatic rings. The van der Waals surface area contributed by atoms with Gasteiger partial charge in [-0.1, -0.05) is 6.92 Å². The fourth-order valence-electron chi connectivity index (χ4n) is 1.06. The minimum atomic E-state index is 0.896. The fourth-order valence-corrected chi connectivity index (χ4v) is 1.06. The van der Waals surface area contributed by atoms with Gasteiger partial charge in [0, 0.05) is 13.2 Å². The van der Waals surface area contributed by atoms with Crippen molar-refractivity contribution in [3.05, 3.63) is 0 Å². The van der Waals surface area contributed by atoms with Crippen molar-refractivity contribution in [3.63, 3.8) is 0 Å². The molecule has 0 saturated heterocycles. The van der Waals surface area contributed by atoms with Crippen molar-refractivity contribution in [1.82, 2.24) is 10.6 Å². The molecular formula is C10H24N2O. The minimum Gasteiger partial charge on any atom is -0.381 e. The molecule has 0 unspecified atom stereocenters. The summed E-state index contributed by atoms with van der Waals surface area (Å²) in [5.74, 6) is 0. The molecule has 0 aliphatic carbocycles.